The molecule has 1 atom stereocenters. The molecule has 0 aliphatic rings. The number of amides is 1. The fourth-order valence-corrected chi connectivity index (χ4v) is 4.98. The predicted molar refractivity (Wildman–Crippen MR) is 140 cm³/mol. The third kappa shape index (κ3) is 6.91. The standard InChI is InChI=1S/C26H36N4O5S/c1-6-18-11-19(9-17(5)24(18)34-15-20(32)12-27-23(33)14-31)25-28-26(35-29-25)21-10-16(4)22(36-21)13-30(7-2)8-3/h9-11,20,31-32H,6-8,12-15H2,1-5H3,(H,27,33). The van der Waals surface area contributed by atoms with Crippen molar-refractivity contribution in [3.63, 3.8) is 0 Å². The van der Waals surface area contributed by atoms with E-state index in [0.717, 1.165) is 41.2 Å². The molecule has 9 nitrogen and oxygen atoms in total. The monoisotopic (exact) mass is 516 g/mol. The molecule has 3 N–H and O–H groups in total. The van der Waals surface area contributed by atoms with Crippen molar-refractivity contribution in [1.82, 2.24) is 20.4 Å². The van der Waals surface area contributed by atoms with Crippen LogP contribution in [0.1, 0.15) is 42.3 Å². The average molecular weight is 517 g/mol. The summed E-state index contributed by atoms with van der Waals surface area (Å²) < 4.78 is 11.5. The van der Waals surface area contributed by atoms with Crippen molar-refractivity contribution in [3.8, 4) is 27.9 Å². The van der Waals surface area contributed by atoms with Gasteiger partial charge in [-0.15, -0.1) is 11.3 Å². The van der Waals surface area contributed by atoms with Crippen molar-refractivity contribution < 1.29 is 24.3 Å². The van der Waals surface area contributed by atoms with Crippen LogP contribution in [0, 0.1) is 13.8 Å². The fourth-order valence-electron chi connectivity index (χ4n) is 3.84. The van der Waals surface area contributed by atoms with E-state index < -0.39 is 18.6 Å². The number of nitrogens with zero attached hydrogens (tertiary/aromatic N) is 3. The number of aliphatic hydroxyl groups is 2. The average Bonchev–Trinajstić information content (AvgIpc) is 3.51. The Labute approximate surface area is 216 Å². The molecule has 1 aromatic carbocycles. The van der Waals surface area contributed by atoms with Gasteiger partial charge in [0.1, 0.15) is 25.1 Å². The van der Waals surface area contributed by atoms with E-state index in [9.17, 15) is 9.90 Å². The Bertz CT molecular complexity index is 1160. The van der Waals surface area contributed by atoms with Crippen LogP contribution >= 0.6 is 11.3 Å². The second-order valence-electron chi connectivity index (χ2n) is 8.66. The van der Waals surface area contributed by atoms with Crippen LogP contribution < -0.4 is 10.1 Å². The minimum Gasteiger partial charge on any atom is -0.490 e. The number of aryl methyl sites for hydroxylation is 3. The van der Waals surface area contributed by atoms with Crippen LogP contribution in [-0.4, -0.2) is 70.1 Å². The lowest BCUT2D eigenvalue weighted by Gasteiger charge is -2.17. The molecule has 1 amide bonds. The zero-order valence-electron chi connectivity index (χ0n) is 21.6. The van der Waals surface area contributed by atoms with Gasteiger partial charge in [-0.3, -0.25) is 9.69 Å². The molecule has 36 heavy (non-hydrogen) atoms. The summed E-state index contributed by atoms with van der Waals surface area (Å²) in [4.78, 5) is 20.5. The third-order valence-corrected chi connectivity index (χ3v) is 7.22. The molecule has 0 radical (unpaired) electrons. The smallest absolute Gasteiger partial charge is 0.268 e. The molecule has 2 heterocycles. The summed E-state index contributed by atoms with van der Waals surface area (Å²) in [5, 5.41) is 25.5. The SMILES string of the molecule is CCc1cc(-c2noc(-c3cc(C)c(CN(CC)CC)s3)n2)cc(C)c1OCC(O)CNC(=O)CO. The lowest BCUT2D eigenvalue weighted by atomic mass is 10.0. The number of rotatable bonds is 13. The first-order valence-corrected chi connectivity index (χ1v) is 13.1. The van der Waals surface area contributed by atoms with E-state index in [1.807, 2.05) is 26.0 Å². The summed E-state index contributed by atoms with van der Waals surface area (Å²) in [5.74, 6) is 1.17. The minimum atomic E-state index is -0.898. The molecule has 2 aromatic heterocycles. The summed E-state index contributed by atoms with van der Waals surface area (Å²) in [7, 11) is 0. The van der Waals surface area contributed by atoms with Gasteiger partial charge < -0.3 is 24.8 Å². The molecule has 3 aromatic rings. The Hall–Kier alpha value is -2.79. The maximum atomic E-state index is 11.2. The number of carbonyl (C=O) groups excluding carboxylic acids is 1. The van der Waals surface area contributed by atoms with Gasteiger partial charge >= 0.3 is 0 Å². The summed E-state index contributed by atoms with van der Waals surface area (Å²) in [6, 6.07) is 6.02. The van der Waals surface area contributed by atoms with Crippen LogP contribution in [0.4, 0.5) is 0 Å². The maximum absolute atomic E-state index is 11.2. The third-order valence-electron chi connectivity index (χ3n) is 6.01. The molecule has 10 heteroatoms. The molecule has 0 bridgehead atoms. The van der Waals surface area contributed by atoms with Crippen molar-refractivity contribution in [2.24, 2.45) is 0 Å². The fraction of sp³-hybridized carbons (Fsp3) is 0.500. The normalized spacial score (nSPS) is 12.2. The molecule has 0 fully saturated rings. The highest BCUT2D eigenvalue weighted by Crippen LogP contribution is 2.34. The summed E-state index contributed by atoms with van der Waals surface area (Å²) in [6.45, 7) is 12.7. The number of carbonyl (C=O) groups is 1. The van der Waals surface area contributed by atoms with Crippen molar-refractivity contribution in [2.75, 3.05) is 32.8 Å². The lowest BCUT2D eigenvalue weighted by molar-refractivity contribution is -0.124. The van der Waals surface area contributed by atoms with Crippen LogP contribution in [0.25, 0.3) is 22.2 Å². The number of aromatic nitrogens is 2. The van der Waals surface area contributed by atoms with Crippen LogP contribution in [-0.2, 0) is 17.8 Å². The van der Waals surface area contributed by atoms with Gasteiger partial charge in [-0.25, -0.2) is 0 Å². The molecule has 196 valence electrons. The molecule has 0 saturated heterocycles. The molecule has 3 rings (SSSR count). The number of hydrogen-bond acceptors (Lipinski definition) is 9. The van der Waals surface area contributed by atoms with E-state index in [-0.39, 0.29) is 13.2 Å². The first-order chi connectivity index (χ1) is 17.3. The van der Waals surface area contributed by atoms with Crippen LogP contribution in [0.3, 0.4) is 0 Å². The van der Waals surface area contributed by atoms with Gasteiger partial charge in [0, 0.05) is 23.5 Å². The van der Waals surface area contributed by atoms with Crippen molar-refractivity contribution in [3.05, 3.63) is 39.8 Å². The minimum absolute atomic E-state index is 0.00243. The molecular weight excluding hydrogens is 480 g/mol. The van der Waals surface area contributed by atoms with E-state index >= 15 is 0 Å². The van der Waals surface area contributed by atoms with E-state index in [1.165, 1.54) is 10.4 Å². The second kappa shape index (κ2) is 13.0. The topological polar surface area (TPSA) is 121 Å². The maximum Gasteiger partial charge on any atom is 0.268 e. The number of ether oxygens (including phenoxy) is 1. The first kappa shape index (κ1) is 27.8. The Morgan fingerprint density at radius 3 is 2.61 bits per heavy atom. The molecule has 0 spiro atoms. The van der Waals surface area contributed by atoms with Gasteiger partial charge in [0.05, 0.1) is 4.88 Å². The molecule has 0 aliphatic heterocycles. The van der Waals surface area contributed by atoms with E-state index in [0.29, 0.717) is 23.9 Å². The van der Waals surface area contributed by atoms with Crippen LogP contribution in [0.2, 0.25) is 0 Å². The molecular formula is C26H36N4O5S. The molecule has 0 aliphatic carbocycles. The number of aliphatic hydroxyl groups excluding tert-OH is 2. The van der Waals surface area contributed by atoms with E-state index in [4.69, 9.17) is 14.4 Å². The number of thiophene rings is 1. The quantitative estimate of drug-likeness (QED) is 0.316. The van der Waals surface area contributed by atoms with E-state index in [1.54, 1.807) is 11.3 Å². The first-order valence-electron chi connectivity index (χ1n) is 12.3. The number of hydrogen-bond donors (Lipinski definition) is 3. The van der Waals surface area contributed by atoms with Crippen LogP contribution in [0.5, 0.6) is 5.75 Å². The Balaban J connectivity index is 1.75. The lowest BCUT2D eigenvalue weighted by Crippen LogP contribution is -2.36. The van der Waals surface area contributed by atoms with Gasteiger partial charge in [-0.05, 0) is 68.2 Å². The zero-order valence-corrected chi connectivity index (χ0v) is 22.4. The molecule has 1 unspecified atom stereocenters. The van der Waals surface area contributed by atoms with Crippen molar-refractivity contribution in [2.45, 2.75) is 53.7 Å². The zero-order chi connectivity index (χ0) is 26.2. The van der Waals surface area contributed by atoms with Gasteiger partial charge in [0.25, 0.3) is 5.89 Å². The van der Waals surface area contributed by atoms with E-state index in [2.05, 4.69) is 47.2 Å². The summed E-state index contributed by atoms with van der Waals surface area (Å²) in [5.41, 5.74) is 3.90. The molecule has 0 saturated carbocycles. The Morgan fingerprint density at radius 1 is 1.19 bits per heavy atom. The van der Waals surface area contributed by atoms with Gasteiger partial charge in [0.2, 0.25) is 11.7 Å². The van der Waals surface area contributed by atoms with Gasteiger partial charge in [-0.1, -0.05) is 25.9 Å². The predicted octanol–water partition coefficient (Wildman–Crippen LogP) is 3.33. The Morgan fingerprint density at radius 2 is 1.94 bits per heavy atom. The largest absolute Gasteiger partial charge is 0.490 e. The van der Waals surface area contributed by atoms with Crippen LogP contribution in [0.15, 0.2) is 22.7 Å². The summed E-state index contributed by atoms with van der Waals surface area (Å²) >= 11 is 1.69. The highest BCUT2D eigenvalue weighted by molar-refractivity contribution is 7.15. The highest BCUT2D eigenvalue weighted by Gasteiger charge is 2.18. The number of nitrogens with one attached hydrogen (secondary N) is 1. The van der Waals surface area contributed by atoms with Gasteiger partial charge in [-0.2, -0.15) is 4.98 Å². The summed E-state index contributed by atoms with van der Waals surface area (Å²) in [6.07, 6.45) is -0.185. The highest BCUT2D eigenvalue weighted by atomic mass is 32.1. The Kier molecular flexibility index (Phi) is 10.0. The second-order valence-corrected chi connectivity index (χ2v) is 9.80. The van der Waals surface area contributed by atoms with Crippen molar-refractivity contribution in [1.29, 1.82) is 0 Å². The van der Waals surface area contributed by atoms with Crippen molar-refractivity contribution >= 4 is 17.2 Å². The number of benzene rings is 1. The van der Waals surface area contributed by atoms with Gasteiger partial charge in [0.15, 0.2) is 0 Å².